The van der Waals surface area contributed by atoms with E-state index in [1.807, 2.05) is 24.3 Å². The molecule has 0 bridgehead atoms. The highest BCUT2D eigenvalue weighted by molar-refractivity contribution is 9.10. The Hall–Kier alpha value is -2.47. The normalized spacial score (nSPS) is 10.5. The van der Waals surface area contributed by atoms with Crippen LogP contribution in [0.15, 0.2) is 65.4 Å². The number of nitrogens with zero attached hydrogens (tertiary/aromatic N) is 2. The van der Waals surface area contributed by atoms with E-state index in [0.717, 1.165) is 10.0 Å². The summed E-state index contributed by atoms with van der Waals surface area (Å²) in [5, 5.41) is 6.98. The third-order valence-corrected chi connectivity index (χ3v) is 3.77. The highest BCUT2D eigenvalue weighted by Gasteiger charge is 2.09. The predicted octanol–water partition coefficient (Wildman–Crippen LogP) is 3.70. The molecule has 3 rings (SSSR count). The maximum atomic E-state index is 12.9. The average molecular weight is 374 g/mol. The lowest BCUT2D eigenvalue weighted by molar-refractivity contribution is 0.0951. The number of benzene rings is 2. The Labute approximate surface area is 141 Å². The average Bonchev–Trinajstić information content (AvgIpc) is 3.03. The van der Waals surface area contributed by atoms with E-state index in [4.69, 9.17) is 0 Å². The largest absolute Gasteiger partial charge is 0.348 e. The van der Waals surface area contributed by atoms with Crippen LogP contribution >= 0.6 is 15.9 Å². The summed E-state index contributed by atoms with van der Waals surface area (Å²) in [6.45, 7) is 0.431. The van der Waals surface area contributed by atoms with Crippen LogP contribution in [0, 0.1) is 5.82 Å². The minimum atomic E-state index is -0.312. The van der Waals surface area contributed by atoms with E-state index < -0.39 is 0 Å². The van der Waals surface area contributed by atoms with Crippen molar-refractivity contribution in [3.8, 4) is 5.69 Å². The van der Waals surface area contributed by atoms with Crippen molar-refractivity contribution in [2.75, 3.05) is 0 Å². The summed E-state index contributed by atoms with van der Waals surface area (Å²) in [5.74, 6) is -0.522. The van der Waals surface area contributed by atoms with E-state index >= 15 is 0 Å². The van der Waals surface area contributed by atoms with E-state index in [1.165, 1.54) is 23.0 Å². The molecular formula is C17H13BrFN3O. The van der Waals surface area contributed by atoms with Crippen LogP contribution in [0.25, 0.3) is 5.69 Å². The quantitative estimate of drug-likeness (QED) is 0.757. The zero-order valence-corrected chi connectivity index (χ0v) is 13.6. The molecule has 2 aromatic carbocycles. The summed E-state index contributed by atoms with van der Waals surface area (Å²) in [6, 6.07) is 13.6. The van der Waals surface area contributed by atoms with Crippen molar-refractivity contribution < 1.29 is 9.18 Å². The fourth-order valence-electron chi connectivity index (χ4n) is 2.11. The molecule has 1 amide bonds. The molecule has 1 N–H and O–H groups in total. The number of carbonyl (C=O) groups is 1. The van der Waals surface area contributed by atoms with Crippen molar-refractivity contribution in [2.45, 2.75) is 6.54 Å². The topological polar surface area (TPSA) is 46.9 Å². The van der Waals surface area contributed by atoms with Gasteiger partial charge in [-0.2, -0.15) is 5.10 Å². The Kier molecular flexibility index (Phi) is 4.52. The van der Waals surface area contributed by atoms with Gasteiger partial charge in [-0.25, -0.2) is 9.07 Å². The van der Waals surface area contributed by atoms with Crippen LogP contribution in [-0.4, -0.2) is 15.7 Å². The van der Waals surface area contributed by atoms with Crippen LogP contribution in [-0.2, 0) is 6.54 Å². The van der Waals surface area contributed by atoms with Gasteiger partial charge in [0.15, 0.2) is 0 Å². The van der Waals surface area contributed by atoms with E-state index in [0.29, 0.717) is 17.8 Å². The van der Waals surface area contributed by atoms with Gasteiger partial charge in [-0.1, -0.05) is 28.1 Å². The second kappa shape index (κ2) is 6.75. The van der Waals surface area contributed by atoms with Gasteiger partial charge in [0, 0.05) is 17.2 Å². The molecule has 0 fully saturated rings. The van der Waals surface area contributed by atoms with Crippen molar-refractivity contribution in [1.82, 2.24) is 15.1 Å². The Morgan fingerprint density at radius 2 is 2.00 bits per heavy atom. The van der Waals surface area contributed by atoms with Crippen LogP contribution < -0.4 is 5.32 Å². The van der Waals surface area contributed by atoms with Crippen molar-refractivity contribution in [3.05, 3.63) is 82.3 Å². The molecule has 4 nitrogen and oxygen atoms in total. The molecule has 0 aliphatic carbocycles. The highest BCUT2D eigenvalue weighted by Crippen LogP contribution is 2.12. The second-order valence-corrected chi connectivity index (χ2v) is 5.88. The lowest BCUT2D eigenvalue weighted by Crippen LogP contribution is -2.22. The SMILES string of the molecule is O=C(NCc1cccc(Br)c1)c1cnn(-c2ccc(F)cc2)c1. The monoisotopic (exact) mass is 373 g/mol. The molecule has 0 aliphatic heterocycles. The predicted molar refractivity (Wildman–Crippen MR) is 88.8 cm³/mol. The fraction of sp³-hybridized carbons (Fsp3) is 0.0588. The molecule has 0 aliphatic rings. The van der Waals surface area contributed by atoms with E-state index in [1.54, 1.807) is 18.3 Å². The van der Waals surface area contributed by atoms with Gasteiger partial charge in [0.05, 0.1) is 17.4 Å². The van der Waals surface area contributed by atoms with E-state index in [-0.39, 0.29) is 11.7 Å². The van der Waals surface area contributed by atoms with Crippen LogP contribution in [0.1, 0.15) is 15.9 Å². The van der Waals surface area contributed by atoms with Crippen LogP contribution in [0.5, 0.6) is 0 Å². The second-order valence-electron chi connectivity index (χ2n) is 4.96. The number of aromatic nitrogens is 2. The highest BCUT2D eigenvalue weighted by atomic mass is 79.9. The summed E-state index contributed by atoms with van der Waals surface area (Å²) in [7, 11) is 0. The number of nitrogens with one attached hydrogen (secondary N) is 1. The lowest BCUT2D eigenvalue weighted by Gasteiger charge is -2.04. The van der Waals surface area contributed by atoms with Crippen LogP contribution in [0.4, 0.5) is 4.39 Å². The number of rotatable bonds is 4. The Morgan fingerprint density at radius 1 is 1.22 bits per heavy atom. The minimum absolute atomic E-state index is 0.210. The standard InChI is InChI=1S/C17H13BrFN3O/c18-14-3-1-2-12(8-14)9-20-17(23)13-10-21-22(11-13)16-6-4-15(19)5-7-16/h1-8,10-11H,9H2,(H,20,23). The molecule has 0 radical (unpaired) electrons. The van der Waals surface area contributed by atoms with Crippen molar-refractivity contribution in [2.24, 2.45) is 0 Å². The molecule has 1 heterocycles. The van der Waals surface area contributed by atoms with Crippen LogP contribution in [0.3, 0.4) is 0 Å². The molecule has 0 saturated carbocycles. The molecular weight excluding hydrogens is 361 g/mol. The third-order valence-electron chi connectivity index (χ3n) is 3.28. The summed E-state index contributed by atoms with van der Waals surface area (Å²) < 4.78 is 15.4. The Bertz CT molecular complexity index is 830. The zero-order chi connectivity index (χ0) is 16.2. The summed E-state index contributed by atoms with van der Waals surface area (Å²) in [4.78, 5) is 12.2. The number of amides is 1. The van der Waals surface area contributed by atoms with E-state index in [9.17, 15) is 9.18 Å². The lowest BCUT2D eigenvalue weighted by atomic mass is 10.2. The number of hydrogen-bond acceptors (Lipinski definition) is 2. The van der Waals surface area contributed by atoms with Gasteiger partial charge >= 0.3 is 0 Å². The van der Waals surface area contributed by atoms with Crippen molar-refractivity contribution in [3.63, 3.8) is 0 Å². The first-order valence-corrected chi connectivity index (χ1v) is 7.74. The van der Waals surface area contributed by atoms with Crippen LogP contribution in [0.2, 0.25) is 0 Å². The maximum absolute atomic E-state index is 12.9. The van der Waals surface area contributed by atoms with Gasteiger partial charge in [-0.05, 0) is 42.0 Å². The molecule has 3 aromatic rings. The molecule has 1 aromatic heterocycles. The third kappa shape index (κ3) is 3.84. The first-order chi connectivity index (χ1) is 11.1. The summed E-state index contributed by atoms with van der Waals surface area (Å²) in [5.41, 5.74) is 2.14. The first-order valence-electron chi connectivity index (χ1n) is 6.95. The van der Waals surface area contributed by atoms with Gasteiger partial charge in [0.25, 0.3) is 5.91 Å². The maximum Gasteiger partial charge on any atom is 0.254 e. The molecule has 0 unspecified atom stereocenters. The van der Waals surface area contributed by atoms with Crippen molar-refractivity contribution >= 4 is 21.8 Å². The fourth-order valence-corrected chi connectivity index (χ4v) is 2.55. The number of halogens is 2. The van der Waals surface area contributed by atoms with Gasteiger partial charge in [-0.15, -0.1) is 0 Å². The van der Waals surface area contributed by atoms with Gasteiger partial charge in [0.2, 0.25) is 0 Å². The van der Waals surface area contributed by atoms with Gasteiger partial charge in [-0.3, -0.25) is 4.79 Å². The summed E-state index contributed by atoms with van der Waals surface area (Å²) >= 11 is 3.40. The van der Waals surface area contributed by atoms with Gasteiger partial charge in [0.1, 0.15) is 5.82 Å². The minimum Gasteiger partial charge on any atom is -0.348 e. The van der Waals surface area contributed by atoms with E-state index in [2.05, 4.69) is 26.3 Å². The molecule has 0 atom stereocenters. The van der Waals surface area contributed by atoms with Gasteiger partial charge < -0.3 is 5.32 Å². The Balaban J connectivity index is 1.67. The molecule has 0 spiro atoms. The molecule has 116 valence electrons. The van der Waals surface area contributed by atoms with Crippen molar-refractivity contribution in [1.29, 1.82) is 0 Å². The molecule has 6 heteroatoms. The first kappa shape index (κ1) is 15.4. The molecule has 0 saturated heterocycles. The zero-order valence-electron chi connectivity index (χ0n) is 12.0. The molecule has 23 heavy (non-hydrogen) atoms. The number of carbonyl (C=O) groups excluding carboxylic acids is 1. The Morgan fingerprint density at radius 3 is 2.74 bits per heavy atom. The number of hydrogen-bond donors (Lipinski definition) is 1. The smallest absolute Gasteiger partial charge is 0.254 e. The summed E-state index contributed by atoms with van der Waals surface area (Å²) in [6.07, 6.45) is 3.10.